The highest BCUT2D eigenvalue weighted by Gasteiger charge is 2.12. The van der Waals surface area contributed by atoms with Gasteiger partial charge < -0.3 is 15.7 Å². The van der Waals surface area contributed by atoms with Crippen molar-refractivity contribution < 1.29 is 5.11 Å². The summed E-state index contributed by atoms with van der Waals surface area (Å²) >= 11 is 0. The summed E-state index contributed by atoms with van der Waals surface area (Å²) in [6.45, 7) is 8.20. The molecular formula is C14H24N2O. The van der Waals surface area contributed by atoms with Crippen LogP contribution in [0.1, 0.15) is 45.2 Å². The number of hydrogen-bond acceptors (Lipinski definition) is 3. The number of anilines is 1. The fraction of sp³-hybridized carbons (Fsp3) is 0.571. The van der Waals surface area contributed by atoms with E-state index in [1.54, 1.807) is 0 Å². The monoisotopic (exact) mass is 236 g/mol. The lowest BCUT2D eigenvalue weighted by molar-refractivity contribution is 0.458. The molecule has 0 amide bonds. The van der Waals surface area contributed by atoms with Crippen LogP contribution in [0.5, 0.6) is 5.75 Å². The second-order valence-corrected chi connectivity index (χ2v) is 4.31. The average Bonchev–Trinajstić information content (AvgIpc) is 2.31. The maximum atomic E-state index is 10.0. The lowest BCUT2D eigenvalue weighted by Gasteiger charge is -2.22. The Hall–Kier alpha value is -1.22. The number of phenolic OH excluding ortho intramolecular Hbond substituents is 1. The topological polar surface area (TPSA) is 49.5 Å². The first-order valence-corrected chi connectivity index (χ1v) is 6.47. The van der Waals surface area contributed by atoms with Crippen LogP contribution in [0.25, 0.3) is 0 Å². The van der Waals surface area contributed by atoms with Gasteiger partial charge in [-0.05, 0) is 26.3 Å². The van der Waals surface area contributed by atoms with Crippen molar-refractivity contribution in [3.63, 3.8) is 0 Å². The number of phenols is 1. The summed E-state index contributed by atoms with van der Waals surface area (Å²) in [6, 6.07) is 5.74. The molecule has 0 fully saturated rings. The minimum Gasteiger partial charge on any atom is -0.508 e. The molecule has 17 heavy (non-hydrogen) atoms. The molecule has 1 rings (SSSR count). The summed E-state index contributed by atoms with van der Waals surface area (Å²) < 4.78 is 0. The molecule has 0 aliphatic heterocycles. The Kier molecular flexibility index (Phi) is 5.29. The highest BCUT2D eigenvalue weighted by Crippen LogP contribution is 2.29. The standard InChI is InChI=1S/C14H24N2O/c1-4-7-13(15)12-9-8-11(10-14(12)17)16(5-2)6-3/h8-10,13,17H,4-7,15H2,1-3H3/t13-/m1/s1. The molecule has 0 heterocycles. The van der Waals surface area contributed by atoms with Gasteiger partial charge in [-0.1, -0.05) is 19.4 Å². The van der Waals surface area contributed by atoms with E-state index in [1.165, 1.54) is 0 Å². The number of rotatable bonds is 6. The van der Waals surface area contributed by atoms with Crippen molar-refractivity contribution in [3.8, 4) is 5.75 Å². The van der Waals surface area contributed by atoms with Crippen LogP contribution in [0.4, 0.5) is 5.69 Å². The Balaban J connectivity index is 2.92. The van der Waals surface area contributed by atoms with E-state index in [-0.39, 0.29) is 6.04 Å². The van der Waals surface area contributed by atoms with Crippen molar-refractivity contribution in [2.45, 2.75) is 39.7 Å². The molecule has 0 saturated heterocycles. The van der Waals surface area contributed by atoms with Crippen molar-refractivity contribution in [3.05, 3.63) is 23.8 Å². The Morgan fingerprint density at radius 1 is 1.24 bits per heavy atom. The van der Waals surface area contributed by atoms with Crippen molar-refractivity contribution in [1.82, 2.24) is 0 Å². The van der Waals surface area contributed by atoms with E-state index in [0.29, 0.717) is 5.75 Å². The predicted octanol–water partition coefficient (Wildman–Crippen LogP) is 3.04. The zero-order chi connectivity index (χ0) is 12.8. The second kappa shape index (κ2) is 6.50. The normalized spacial score (nSPS) is 12.5. The Bertz CT molecular complexity index is 348. The molecule has 0 spiro atoms. The van der Waals surface area contributed by atoms with E-state index in [1.807, 2.05) is 18.2 Å². The van der Waals surface area contributed by atoms with E-state index in [2.05, 4.69) is 25.7 Å². The zero-order valence-electron chi connectivity index (χ0n) is 11.1. The fourth-order valence-electron chi connectivity index (χ4n) is 2.10. The average molecular weight is 236 g/mol. The lowest BCUT2D eigenvalue weighted by atomic mass is 10.0. The first-order valence-electron chi connectivity index (χ1n) is 6.47. The molecule has 1 aromatic rings. The largest absolute Gasteiger partial charge is 0.508 e. The van der Waals surface area contributed by atoms with Crippen LogP contribution >= 0.6 is 0 Å². The van der Waals surface area contributed by atoms with Gasteiger partial charge in [0.15, 0.2) is 0 Å². The number of nitrogens with two attached hydrogens (primary N) is 1. The van der Waals surface area contributed by atoms with Crippen LogP contribution in [0.15, 0.2) is 18.2 Å². The third kappa shape index (κ3) is 3.37. The molecule has 1 atom stereocenters. The van der Waals surface area contributed by atoms with E-state index >= 15 is 0 Å². The maximum Gasteiger partial charge on any atom is 0.122 e. The van der Waals surface area contributed by atoms with Gasteiger partial charge in [0, 0.05) is 36.4 Å². The molecule has 0 aliphatic rings. The van der Waals surface area contributed by atoms with Gasteiger partial charge in [-0.2, -0.15) is 0 Å². The van der Waals surface area contributed by atoms with Gasteiger partial charge in [0.1, 0.15) is 5.75 Å². The van der Waals surface area contributed by atoms with Crippen LogP contribution in [0.2, 0.25) is 0 Å². The molecule has 3 nitrogen and oxygen atoms in total. The summed E-state index contributed by atoms with van der Waals surface area (Å²) in [7, 11) is 0. The van der Waals surface area contributed by atoms with Gasteiger partial charge in [0.2, 0.25) is 0 Å². The zero-order valence-corrected chi connectivity index (χ0v) is 11.1. The van der Waals surface area contributed by atoms with Gasteiger partial charge in [0.25, 0.3) is 0 Å². The summed E-state index contributed by atoms with van der Waals surface area (Å²) in [5.74, 6) is 0.315. The van der Waals surface area contributed by atoms with E-state index < -0.39 is 0 Å². The van der Waals surface area contributed by atoms with Crippen LogP contribution in [0, 0.1) is 0 Å². The third-order valence-electron chi connectivity index (χ3n) is 3.14. The maximum absolute atomic E-state index is 10.0. The van der Waals surface area contributed by atoms with Crippen molar-refractivity contribution >= 4 is 5.69 Å². The highest BCUT2D eigenvalue weighted by molar-refractivity contribution is 5.53. The summed E-state index contributed by atoms with van der Waals surface area (Å²) in [6.07, 6.45) is 1.93. The molecule has 3 N–H and O–H groups in total. The predicted molar refractivity (Wildman–Crippen MR) is 73.5 cm³/mol. The van der Waals surface area contributed by atoms with Gasteiger partial charge in [-0.15, -0.1) is 0 Å². The van der Waals surface area contributed by atoms with Gasteiger partial charge in [-0.25, -0.2) is 0 Å². The van der Waals surface area contributed by atoms with Crippen LogP contribution in [-0.4, -0.2) is 18.2 Å². The SMILES string of the molecule is CCC[C@@H](N)c1ccc(N(CC)CC)cc1O. The van der Waals surface area contributed by atoms with E-state index in [9.17, 15) is 5.11 Å². The minimum absolute atomic E-state index is 0.0641. The first kappa shape index (κ1) is 13.8. The second-order valence-electron chi connectivity index (χ2n) is 4.31. The molecule has 0 bridgehead atoms. The highest BCUT2D eigenvalue weighted by atomic mass is 16.3. The van der Waals surface area contributed by atoms with Gasteiger partial charge in [-0.3, -0.25) is 0 Å². The third-order valence-corrected chi connectivity index (χ3v) is 3.14. The van der Waals surface area contributed by atoms with Crippen molar-refractivity contribution in [2.75, 3.05) is 18.0 Å². The molecular weight excluding hydrogens is 212 g/mol. The Morgan fingerprint density at radius 3 is 2.35 bits per heavy atom. The molecule has 0 radical (unpaired) electrons. The van der Waals surface area contributed by atoms with Crippen LogP contribution < -0.4 is 10.6 Å². The molecule has 0 aromatic heterocycles. The van der Waals surface area contributed by atoms with Crippen molar-refractivity contribution in [2.24, 2.45) is 5.73 Å². The molecule has 3 heteroatoms. The summed E-state index contributed by atoms with van der Waals surface area (Å²) in [4.78, 5) is 2.20. The molecule has 0 saturated carbocycles. The van der Waals surface area contributed by atoms with Crippen LogP contribution in [0.3, 0.4) is 0 Å². The lowest BCUT2D eigenvalue weighted by Crippen LogP contribution is -2.21. The number of benzene rings is 1. The quantitative estimate of drug-likeness (QED) is 0.798. The Morgan fingerprint density at radius 2 is 1.88 bits per heavy atom. The van der Waals surface area contributed by atoms with Gasteiger partial charge >= 0.3 is 0 Å². The number of aromatic hydroxyl groups is 1. The van der Waals surface area contributed by atoms with E-state index in [4.69, 9.17) is 5.73 Å². The first-order chi connectivity index (χ1) is 8.13. The van der Waals surface area contributed by atoms with E-state index in [0.717, 1.165) is 37.2 Å². The van der Waals surface area contributed by atoms with Crippen LogP contribution in [-0.2, 0) is 0 Å². The number of nitrogens with zero attached hydrogens (tertiary/aromatic N) is 1. The fourth-order valence-corrected chi connectivity index (χ4v) is 2.10. The summed E-state index contributed by atoms with van der Waals surface area (Å²) in [5.41, 5.74) is 7.93. The Labute approximate surface area is 104 Å². The summed E-state index contributed by atoms with van der Waals surface area (Å²) in [5, 5.41) is 10.0. The molecule has 0 unspecified atom stereocenters. The molecule has 96 valence electrons. The number of hydrogen-bond donors (Lipinski definition) is 2. The minimum atomic E-state index is -0.0641. The smallest absolute Gasteiger partial charge is 0.122 e. The van der Waals surface area contributed by atoms with Gasteiger partial charge in [0.05, 0.1) is 0 Å². The molecule has 1 aromatic carbocycles. The van der Waals surface area contributed by atoms with Crippen molar-refractivity contribution in [1.29, 1.82) is 0 Å². The molecule has 0 aliphatic carbocycles.